The standard InChI is InChI=1S/C21H24N2O7/c1-3-28-21(26)15-8-10-16(11-9-15)30-14-19(24)22-23-20(25)17-6-4-5-7-18(17)29-13-12-27-2/h4-11H,3,12-14H2,1-2H3,(H,22,24)(H,23,25). The lowest BCUT2D eigenvalue weighted by atomic mass is 10.2. The lowest BCUT2D eigenvalue weighted by Crippen LogP contribution is -2.43. The van der Waals surface area contributed by atoms with E-state index in [1.807, 2.05) is 0 Å². The van der Waals surface area contributed by atoms with Gasteiger partial charge in [-0.25, -0.2) is 4.79 Å². The van der Waals surface area contributed by atoms with Crippen molar-refractivity contribution in [3.63, 3.8) is 0 Å². The molecular formula is C21H24N2O7. The second-order valence-corrected chi connectivity index (χ2v) is 5.87. The molecule has 0 saturated heterocycles. The number of benzene rings is 2. The Morgan fingerprint density at radius 2 is 1.63 bits per heavy atom. The number of para-hydroxylation sites is 1. The van der Waals surface area contributed by atoms with E-state index >= 15 is 0 Å². The summed E-state index contributed by atoms with van der Waals surface area (Å²) in [6.07, 6.45) is 0. The van der Waals surface area contributed by atoms with Gasteiger partial charge in [0.15, 0.2) is 6.61 Å². The number of rotatable bonds is 10. The van der Waals surface area contributed by atoms with E-state index < -0.39 is 17.8 Å². The summed E-state index contributed by atoms with van der Waals surface area (Å²) in [5, 5.41) is 0. The maximum absolute atomic E-state index is 12.3. The van der Waals surface area contributed by atoms with Gasteiger partial charge >= 0.3 is 5.97 Å². The molecule has 30 heavy (non-hydrogen) atoms. The Morgan fingerprint density at radius 3 is 2.33 bits per heavy atom. The quantitative estimate of drug-likeness (QED) is 0.345. The van der Waals surface area contributed by atoms with E-state index in [1.54, 1.807) is 50.4 Å². The van der Waals surface area contributed by atoms with Crippen LogP contribution in [-0.2, 0) is 14.3 Å². The van der Waals surface area contributed by atoms with E-state index in [1.165, 1.54) is 12.1 Å². The molecule has 0 aliphatic carbocycles. The lowest BCUT2D eigenvalue weighted by molar-refractivity contribution is -0.123. The lowest BCUT2D eigenvalue weighted by Gasteiger charge is -2.12. The predicted octanol–water partition coefficient (Wildman–Crippen LogP) is 1.73. The molecular weight excluding hydrogens is 392 g/mol. The van der Waals surface area contributed by atoms with Crippen molar-refractivity contribution in [2.75, 3.05) is 33.5 Å². The molecule has 0 fully saturated rings. The highest BCUT2D eigenvalue weighted by Gasteiger charge is 2.13. The second-order valence-electron chi connectivity index (χ2n) is 5.87. The van der Waals surface area contributed by atoms with Gasteiger partial charge in [-0.1, -0.05) is 12.1 Å². The Bertz CT molecular complexity index is 853. The molecule has 0 aliphatic heterocycles. The molecule has 0 bridgehead atoms. The number of hydrazine groups is 1. The number of nitrogens with one attached hydrogen (secondary N) is 2. The fraction of sp³-hybridized carbons (Fsp3) is 0.286. The summed E-state index contributed by atoms with van der Waals surface area (Å²) in [5.41, 5.74) is 5.24. The minimum atomic E-state index is -0.560. The molecule has 0 heterocycles. The Hall–Kier alpha value is -3.59. The third-order valence-electron chi connectivity index (χ3n) is 3.73. The number of amides is 2. The summed E-state index contributed by atoms with van der Waals surface area (Å²) in [7, 11) is 1.55. The number of carbonyl (C=O) groups is 3. The fourth-order valence-corrected chi connectivity index (χ4v) is 2.30. The average Bonchev–Trinajstić information content (AvgIpc) is 2.77. The van der Waals surface area contributed by atoms with E-state index in [4.69, 9.17) is 18.9 Å². The van der Waals surface area contributed by atoms with Crippen LogP contribution in [0.4, 0.5) is 0 Å². The third-order valence-corrected chi connectivity index (χ3v) is 3.73. The first-order valence-electron chi connectivity index (χ1n) is 9.25. The molecule has 9 nitrogen and oxygen atoms in total. The van der Waals surface area contributed by atoms with Gasteiger partial charge in [0.2, 0.25) is 0 Å². The van der Waals surface area contributed by atoms with Crippen LogP contribution in [0.25, 0.3) is 0 Å². The molecule has 160 valence electrons. The van der Waals surface area contributed by atoms with Crippen LogP contribution in [0.1, 0.15) is 27.6 Å². The van der Waals surface area contributed by atoms with Crippen molar-refractivity contribution in [2.24, 2.45) is 0 Å². The molecule has 0 aliphatic rings. The molecule has 2 N–H and O–H groups in total. The first-order valence-corrected chi connectivity index (χ1v) is 9.25. The van der Waals surface area contributed by atoms with Gasteiger partial charge in [-0.3, -0.25) is 20.4 Å². The Balaban J connectivity index is 1.81. The number of ether oxygens (including phenoxy) is 4. The van der Waals surface area contributed by atoms with E-state index in [0.29, 0.717) is 23.7 Å². The van der Waals surface area contributed by atoms with Crippen molar-refractivity contribution in [1.82, 2.24) is 10.9 Å². The van der Waals surface area contributed by atoms with E-state index in [-0.39, 0.29) is 25.4 Å². The molecule has 0 aromatic heterocycles. The van der Waals surface area contributed by atoms with E-state index in [9.17, 15) is 14.4 Å². The zero-order valence-corrected chi connectivity index (χ0v) is 16.8. The van der Waals surface area contributed by atoms with Gasteiger partial charge in [0, 0.05) is 7.11 Å². The highest BCUT2D eigenvalue weighted by Crippen LogP contribution is 2.17. The molecule has 2 aromatic rings. The van der Waals surface area contributed by atoms with Crippen molar-refractivity contribution in [2.45, 2.75) is 6.92 Å². The van der Waals surface area contributed by atoms with Crippen molar-refractivity contribution >= 4 is 17.8 Å². The summed E-state index contributed by atoms with van der Waals surface area (Å²) in [5.74, 6) is -0.762. The Labute approximate surface area is 174 Å². The topological polar surface area (TPSA) is 112 Å². The average molecular weight is 416 g/mol. The smallest absolute Gasteiger partial charge is 0.338 e. The number of hydrogen-bond donors (Lipinski definition) is 2. The van der Waals surface area contributed by atoms with Crippen LogP contribution in [0.2, 0.25) is 0 Å². The van der Waals surface area contributed by atoms with Crippen LogP contribution in [0.15, 0.2) is 48.5 Å². The highest BCUT2D eigenvalue weighted by atomic mass is 16.5. The van der Waals surface area contributed by atoms with Gasteiger partial charge in [0.05, 0.1) is 24.3 Å². The SMILES string of the molecule is CCOC(=O)c1ccc(OCC(=O)NNC(=O)c2ccccc2OCCOC)cc1. The van der Waals surface area contributed by atoms with E-state index in [0.717, 1.165) is 0 Å². The summed E-state index contributed by atoms with van der Waals surface area (Å²) >= 11 is 0. The molecule has 0 spiro atoms. The van der Waals surface area contributed by atoms with Crippen LogP contribution in [-0.4, -0.2) is 51.3 Å². The Morgan fingerprint density at radius 1 is 0.900 bits per heavy atom. The number of carbonyl (C=O) groups excluding carboxylic acids is 3. The van der Waals surface area contributed by atoms with Gasteiger partial charge in [-0.05, 0) is 43.3 Å². The van der Waals surface area contributed by atoms with Crippen molar-refractivity contribution < 1.29 is 33.3 Å². The molecule has 9 heteroatoms. The highest BCUT2D eigenvalue weighted by molar-refractivity contribution is 5.97. The molecule has 0 unspecified atom stereocenters. The molecule has 0 atom stereocenters. The monoisotopic (exact) mass is 416 g/mol. The minimum Gasteiger partial charge on any atom is -0.490 e. The summed E-state index contributed by atoms with van der Waals surface area (Å²) in [6, 6.07) is 12.8. The van der Waals surface area contributed by atoms with Gasteiger partial charge in [-0.15, -0.1) is 0 Å². The van der Waals surface area contributed by atoms with Gasteiger partial charge in [-0.2, -0.15) is 0 Å². The second kappa shape index (κ2) is 12.1. The van der Waals surface area contributed by atoms with Crippen LogP contribution >= 0.6 is 0 Å². The maximum atomic E-state index is 12.3. The maximum Gasteiger partial charge on any atom is 0.338 e. The first kappa shape index (κ1) is 22.7. The predicted molar refractivity (Wildman–Crippen MR) is 107 cm³/mol. The summed E-state index contributed by atoms with van der Waals surface area (Å²) in [6.45, 7) is 2.35. The number of hydrogen-bond acceptors (Lipinski definition) is 7. The van der Waals surface area contributed by atoms with Crippen LogP contribution < -0.4 is 20.3 Å². The zero-order chi connectivity index (χ0) is 21.8. The van der Waals surface area contributed by atoms with Gasteiger partial charge in [0.25, 0.3) is 11.8 Å². The molecule has 2 aromatic carbocycles. The van der Waals surface area contributed by atoms with Crippen molar-refractivity contribution in [1.29, 1.82) is 0 Å². The minimum absolute atomic E-state index is 0.268. The normalized spacial score (nSPS) is 10.1. The summed E-state index contributed by atoms with van der Waals surface area (Å²) in [4.78, 5) is 35.8. The number of esters is 1. The molecule has 2 amide bonds. The van der Waals surface area contributed by atoms with Crippen molar-refractivity contribution in [3.05, 3.63) is 59.7 Å². The Kier molecular flexibility index (Phi) is 9.14. The molecule has 2 rings (SSSR count). The zero-order valence-electron chi connectivity index (χ0n) is 16.8. The molecule has 0 radical (unpaired) electrons. The van der Waals surface area contributed by atoms with Crippen LogP contribution in [0.5, 0.6) is 11.5 Å². The fourth-order valence-electron chi connectivity index (χ4n) is 2.30. The summed E-state index contributed by atoms with van der Waals surface area (Å²) < 4.78 is 20.6. The molecule has 0 saturated carbocycles. The van der Waals surface area contributed by atoms with Crippen molar-refractivity contribution in [3.8, 4) is 11.5 Å². The van der Waals surface area contributed by atoms with Crippen LogP contribution in [0, 0.1) is 0 Å². The van der Waals surface area contributed by atoms with E-state index in [2.05, 4.69) is 10.9 Å². The number of methoxy groups -OCH3 is 1. The largest absolute Gasteiger partial charge is 0.490 e. The first-order chi connectivity index (χ1) is 14.5. The van der Waals surface area contributed by atoms with Gasteiger partial charge in [0.1, 0.15) is 18.1 Å². The third kappa shape index (κ3) is 7.10. The van der Waals surface area contributed by atoms with Crippen LogP contribution in [0.3, 0.4) is 0 Å². The van der Waals surface area contributed by atoms with Gasteiger partial charge < -0.3 is 18.9 Å².